The van der Waals surface area contributed by atoms with Gasteiger partial charge in [-0.3, -0.25) is 9.59 Å². The number of carbonyl (C=O) groups is 2. The van der Waals surface area contributed by atoms with Gasteiger partial charge in [-0.15, -0.1) is 0 Å². The van der Waals surface area contributed by atoms with Crippen LogP contribution >= 0.6 is 18.2 Å². The van der Waals surface area contributed by atoms with Crippen LogP contribution in [0.15, 0.2) is 25.3 Å². The average molecular weight is 255 g/mol. The highest BCUT2D eigenvalue weighted by Gasteiger charge is 2.23. The third-order valence-corrected chi connectivity index (χ3v) is 1.91. The highest BCUT2D eigenvalue weighted by Crippen LogP contribution is 2.51. The molecular weight excluding hydrogens is 247 g/mol. The van der Waals surface area contributed by atoms with E-state index in [9.17, 15) is 14.2 Å². The molecule has 15 heavy (non-hydrogen) atoms. The van der Waals surface area contributed by atoms with Crippen molar-refractivity contribution in [2.45, 2.75) is 0 Å². The second-order valence-electron chi connectivity index (χ2n) is 1.95. The van der Waals surface area contributed by atoms with Crippen molar-refractivity contribution >= 4 is 30.0 Å². The maximum atomic E-state index is 11.1. The monoisotopic (exact) mass is 254 g/mol. The summed E-state index contributed by atoms with van der Waals surface area (Å²) < 4.78 is 19.4. The lowest BCUT2D eigenvalue weighted by Crippen LogP contribution is -2.23. The molecule has 0 aliphatic rings. The van der Waals surface area contributed by atoms with E-state index in [-0.39, 0.29) is 0 Å². The minimum Gasteiger partial charge on any atom is -0.268 e. The Balaban J connectivity index is 4.02. The molecule has 0 aliphatic heterocycles. The minimum atomic E-state index is -4.11. The number of rotatable bonds is 6. The maximum absolute atomic E-state index is 11.1. The van der Waals surface area contributed by atoms with E-state index in [4.69, 9.17) is 11.2 Å². The largest absolute Gasteiger partial charge is 0.466 e. The molecule has 0 spiro atoms. The fourth-order valence-electron chi connectivity index (χ4n) is 0.301. The SMILES string of the molecule is C=CC(=O)NOP(=O)(Cl)ONC(=O)C=C. The van der Waals surface area contributed by atoms with Crippen LogP contribution in [0.4, 0.5) is 0 Å². The quantitative estimate of drug-likeness (QED) is 0.415. The summed E-state index contributed by atoms with van der Waals surface area (Å²) in [6.07, 6.45) is 1.72. The first-order valence-corrected chi connectivity index (χ1v) is 5.87. The summed E-state index contributed by atoms with van der Waals surface area (Å²) in [5.74, 6) is -1.54. The number of carbonyl (C=O) groups excluding carboxylic acids is 2. The van der Waals surface area contributed by atoms with Gasteiger partial charge >= 0.3 is 6.95 Å². The van der Waals surface area contributed by atoms with Gasteiger partial charge in [-0.05, 0) is 12.2 Å². The first-order chi connectivity index (χ1) is 6.91. The molecule has 0 fully saturated rings. The van der Waals surface area contributed by atoms with Crippen molar-refractivity contribution in [3.63, 3.8) is 0 Å². The lowest BCUT2D eigenvalue weighted by Gasteiger charge is -2.09. The zero-order valence-electron chi connectivity index (χ0n) is 7.44. The van der Waals surface area contributed by atoms with E-state index in [1.807, 2.05) is 0 Å². The Morgan fingerprint density at radius 1 is 1.13 bits per heavy atom. The van der Waals surface area contributed by atoms with Crippen molar-refractivity contribution in [1.82, 2.24) is 11.0 Å². The Hall–Kier alpha value is -1.14. The second kappa shape index (κ2) is 6.36. The van der Waals surface area contributed by atoms with Crippen molar-refractivity contribution < 1.29 is 23.4 Å². The highest BCUT2D eigenvalue weighted by atomic mass is 35.7. The molecule has 0 saturated heterocycles. The van der Waals surface area contributed by atoms with Crippen molar-refractivity contribution in [3.05, 3.63) is 25.3 Å². The summed E-state index contributed by atoms with van der Waals surface area (Å²) in [5.41, 5.74) is 3.32. The molecule has 0 aromatic rings. The van der Waals surface area contributed by atoms with Crippen LogP contribution in [-0.4, -0.2) is 11.8 Å². The van der Waals surface area contributed by atoms with Gasteiger partial charge in [0.05, 0.1) is 0 Å². The molecule has 0 unspecified atom stereocenters. The molecule has 0 atom stereocenters. The van der Waals surface area contributed by atoms with Gasteiger partial charge in [0, 0.05) is 11.2 Å². The number of nitrogens with one attached hydrogen (secondary N) is 2. The van der Waals surface area contributed by atoms with Gasteiger partial charge < -0.3 is 0 Å². The molecule has 0 radical (unpaired) electrons. The second-order valence-corrected chi connectivity index (χ2v) is 4.42. The summed E-state index contributed by atoms with van der Waals surface area (Å²) in [5, 5.41) is 0. The predicted octanol–water partition coefficient (Wildman–Crippen LogP) is 0.801. The zero-order valence-corrected chi connectivity index (χ0v) is 9.09. The highest BCUT2D eigenvalue weighted by molar-refractivity contribution is 7.81. The molecule has 0 aromatic carbocycles. The Bertz CT molecular complexity index is 303. The van der Waals surface area contributed by atoms with Crippen LogP contribution in [0.1, 0.15) is 0 Å². The molecule has 9 heteroatoms. The van der Waals surface area contributed by atoms with Crippen molar-refractivity contribution in [2.75, 3.05) is 0 Å². The summed E-state index contributed by atoms with van der Waals surface area (Å²) in [7, 11) is 0. The van der Waals surface area contributed by atoms with Gasteiger partial charge in [0.2, 0.25) is 0 Å². The van der Waals surface area contributed by atoms with E-state index in [1.54, 1.807) is 11.0 Å². The normalized spacial score (nSPS) is 10.2. The standard InChI is InChI=1S/C6H8ClN2O5P/c1-3-5(10)8-13-15(7,12)14-9-6(11)4-2/h3-4H,1-2H2,(H,8,10)(H,9,11). The van der Waals surface area contributed by atoms with E-state index in [0.717, 1.165) is 12.2 Å². The van der Waals surface area contributed by atoms with Gasteiger partial charge in [-0.2, -0.15) is 9.25 Å². The van der Waals surface area contributed by atoms with Crippen LogP contribution in [-0.2, 0) is 23.4 Å². The van der Waals surface area contributed by atoms with Crippen LogP contribution in [0.25, 0.3) is 0 Å². The van der Waals surface area contributed by atoms with E-state index >= 15 is 0 Å². The Morgan fingerprint density at radius 2 is 1.47 bits per heavy atom. The Kier molecular flexibility index (Phi) is 5.88. The first-order valence-electron chi connectivity index (χ1n) is 3.43. The maximum Gasteiger partial charge on any atom is 0.466 e. The summed E-state index contributed by atoms with van der Waals surface area (Å²) >= 11 is 5.15. The first kappa shape index (κ1) is 13.9. The van der Waals surface area contributed by atoms with Gasteiger partial charge in [-0.1, -0.05) is 13.2 Å². The number of amides is 2. The molecule has 0 aromatic heterocycles. The lowest BCUT2D eigenvalue weighted by molar-refractivity contribution is -0.124. The zero-order chi connectivity index (χ0) is 11.9. The molecule has 2 amide bonds. The van der Waals surface area contributed by atoms with E-state index in [0.29, 0.717) is 0 Å². The number of hydrogen-bond acceptors (Lipinski definition) is 5. The van der Waals surface area contributed by atoms with Crippen molar-refractivity contribution in [3.8, 4) is 0 Å². The third-order valence-electron chi connectivity index (χ3n) is 0.881. The number of hydrogen-bond donors (Lipinski definition) is 2. The van der Waals surface area contributed by atoms with Crippen LogP contribution < -0.4 is 11.0 Å². The fourth-order valence-corrected chi connectivity index (χ4v) is 0.943. The topological polar surface area (TPSA) is 93.7 Å². The smallest absolute Gasteiger partial charge is 0.268 e. The molecule has 0 bridgehead atoms. The Morgan fingerprint density at radius 3 is 1.73 bits per heavy atom. The minimum absolute atomic E-state index is 0.769. The van der Waals surface area contributed by atoms with Crippen LogP contribution in [0, 0.1) is 0 Å². The van der Waals surface area contributed by atoms with Crippen LogP contribution in [0.2, 0.25) is 0 Å². The number of hydroxylamine groups is 2. The molecule has 0 rings (SSSR count). The molecule has 7 nitrogen and oxygen atoms in total. The van der Waals surface area contributed by atoms with Crippen LogP contribution in [0.5, 0.6) is 0 Å². The number of halogens is 1. The van der Waals surface area contributed by atoms with Crippen molar-refractivity contribution in [2.24, 2.45) is 0 Å². The molecular formula is C6H8ClN2O5P. The van der Waals surface area contributed by atoms with Gasteiger partial charge in [0.15, 0.2) is 0 Å². The van der Waals surface area contributed by atoms with Gasteiger partial charge in [0.25, 0.3) is 11.8 Å². The summed E-state index contributed by atoms with van der Waals surface area (Å²) in [6.45, 7) is 2.09. The molecule has 0 saturated carbocycles. The van der Waals surface area contributed by atoms with Crippen LogP contribution in [0.3, 0.4) is 0 Å². The van der Waals surface area contributed by atoms with Crippen molar-refractivity contribution in [1.29, 1.82) is 0 Å². The summed E-state index contributed by atoms with van der Waals surface area (Å²) in [4.78, 5) is 21.1. The molecule has 0 aliphatic carbocycles. The van der Waals surface area contributed by atoms with E-state index < -0.39 is 18.8 Å². The molecule has 84 valence electrons. The molecule has 2 N–H and O–H groups in total. The van der Waals surface area contributed by atoms with Gasteiger partial charge in [-0.25, -0.2) is 15.5 Å². The predicted molar refractivity (Wildman–Crippen MR) is 52.3 cm³/mol. The third kappa shape index (κ3) is 6.87. The molecule has 0 heterocycles. The Labute approximate surface area is 90.3 Å². The van der Waals surface area contributed by atoms with Gasteiger partial charge in [0.1, 0.15) is 0 Å². The average Bonchev–Trinajstić information content (AvgIpc) is 2.22. The fraction of sp³-hybridized carbons (Fsp3) is 0. The van der Waals surface area contributed by atoms with E-state index in [1.165, 1.54) is 0 Å². The summed E-state index contributed by atoms with van der Waals surface area (Å²) in [6, 6.07) is 0. The van der Waals surface area contributed by atoms with E-state index in [2.05, 4.69) is 22.4 Å². The lowest BCUT2D eigenvalue weighted by atomic mass is 10.6.